The summed E-state index contributed by atoms with van der Waals surface area (Å²) in [5.41, 5.74) is 0.853. The second-order valence-corrected chi connectivity index (χ2v) is 9.63. The minimum atomic E-state index is -3.72. The Morgan fingerprint density at radius 3 is 2.66 bits per heavy atom. The van der Waals surface area contributed by atoms with Crippen LogP contribution < -0.4 is 15.4 Å². The quantitative estimate of drug-likeness (QED) is 0.613. The van der Waals surface area contributed by atoms with Gasteiger partial charge >= 0.3 is 0 Å². The molecule has 0 radical (unpaired) electrons. The van der Waals surface area contributed by atoms with E-state index in [2.05, 4.69) is 15.6 Å². The maximum absolute atomic E-state index is 13.0. The smallest absolute Gasteiger partial charge is 0.243 e. The number of methoxy groups -OCH3 is 1. The van der Waals surface area contributed by atoms with E-state index >= 15 is 0 Å². The van der Waals surface area contributed by atoms with E-state index in [4.69, 9.17) is 4.74 Å². The van der Waals surface area contributed by atoms with Gasteiger partial charge in [0.15, 0.2) is 0 Å². The number of sulfonamides is 1. The molecule has 1 fully saturated rings. The number of hydrogen-bond acceptors (Lipinski definition) is 6. The van der Waals surface area contributed by atoms with Crippen molar-refractivity contribution in [2.75, 3.05) is 20.2 Å². The van der Waals surface area contributed by atoms with Crippen LogP contribution in [0.5, 0.6) is 5.75 Å². The number of piperidine rings is 1. The van der Waals surface area contributed by atoms with Crippen molar-refractivity contribution in [2.24, 2.45) is 5.92 Å². The molecule has 9 nitrogen and oxygen atoms in total. The maximum atomic E-state index is 13.0. The fourth-order valence-corrected chi connectivity index (χ4v) is 5.04. The molecule has 1 aromatic heterocycles. The number of benzene rings is 1. The summed E-state index contributed by atoms with van der Waals surface area (Å²) in [5.74, 6) is -0.606. The first-order valence-electron chi connectivity index (χ1n) is 10.4. The third kappa shape index (κ3) is 5.83. The number of nitrogens with zero attached hydrogens (tertiary/aromatic N) is 2. The van der Waals surface area contributed by atoms with Crippen LogP contribution in [-0.4, -0.2) is 55.8 Å². The molecule has 10 heteroatoms. The van der Waals surface area contributed by atoms with Gasteiger partial charge in [-0.05, 0) is 55.7 Å². The van der Waals surface area contributed by atoms with Crippen LogP contribution in [0.4, 0.5) is 0 Å². The fraction of sp³-hybridized carbons (Fsp3) is 0.409. The number of nitrogens with one attached hydrogen (secondary N) is 2. The highest BCUT2D eigenvalue weighted by atomic mass is 32.2. The van der Waals surface area contributed by atoms with E-state index in [1.165, 1.54) is 23.5 Å². The zero-order chi connectivity index (χ0) is 23.1. The van der Waals surface area contributed by atoms with Crippen LogP contribution in [0.15, 0.2) is 53.7 Å². The molecule has 3 rings (SSSR count). The molecule has 172 valence electrons. The van der Waals surface area contributed by atoms with Crippen LogP contribution in [0.25, 0.3) is 0 Å². The molecular weight excluding hydrogens is 432 g/mol. The lowest BCUT2D eigenvalue weighted by Crippen LogP contribution is -2.50. The number of hydrogen-bond donors (Lipinski definition) is 2. The summed E-state index contributed by atoms with van der Waals surface area (Å²) in [6.45, 7) is 2.33. The molecule has 0 saturated carbocycles. The third-order valence-corrected chi connectivity index (χ3v) is 7.27. The van der Waals surface area contributed by atoms with Crippen LogP contribution >= 0.6 is 0 Å². The van der Waals surface area contributed by atoms with Gasteiger partial charge < -0.3 is 15.4 Å². The average molecular weight is 461 g/mol. The first-order chi connectivity index (χ1) is 15.3. The van der Waals surface area contributed by atoms with Gasteiger partial charge in [-0.2, -0.15) is 4.31 Å². The van der Waals surface area contributed by atoms with E-state index < -0.39 is 22.0 Å². The largest absolute Gasteiger partial charge is 0.497 e. The molecule has 0 unspecified atom stereocenters. The molecule has 0 spiro atoms. The van der Waals surface area contributed by atoms with Crippen molar-refractivity contribution in [3.63, 3.8) is 0 Å². The Kier molecular flexibility index (Phi) is 7.81. The van der Waals surface area contributed by atoms with Gasteiger partial charge in [0.2, 0.25) is 21.8 Å². The molecule has 1 aliphatic heterocycles. The van der Waals surface area contributed by atoms with Gasteiger partial charge in [0, 0.05) is 32.0 Å². The molecule has 2 heterocycles. The molecule has 1 saturated heterocycles. The number of rotatable bonds is 8. The predicted molar refractivity (Wildman–Crippen MR) is 118 cm³/mol. The number of ether oxygens (including phenoxy) is 1. The Balaban J connectivity index is 1.56. The van der Waals surface area contributed by atoms with E-state index in [1.807, 2.05) is 6.07 Å². The summed E-state index contributed by atoms with van der Waals surface area (Å²) in [5, 5.41) is 5.47. The monoisotopic (exact) mass is 460 g/mol. The molecule has 2 aromatic rings. The maximum Gasteiger partial charge on any atom is 0.243 e. The summed E-state index contributed by atoms with van der Waals surface area (Å²) in [6, 6.07) is 9.05. The second kappa shape index (κ2) is 10.6. The Morgan fingerprint density at radius 1 is 1.25 bits per heavy atom. The normalized spacial score (nSPS) is 17.9. The summed E-state index contributed by atoms with van der Waals surface area (Å²) < 4.78 is 32.4. The van der Waals surface area contributed by atoms with E-state index in [9.17, 15) is 18.0 Å². The van der Waals surface area contributed by atoms with Crippen molar-refractivity contribution >= 4 is 21.8 Å². The first-order valence-corrected chi connectivity index (χ1v) is 11.9. The second-order valence-electron chi connectivity index (χ2n) is 7.69. The van der Waals surface area contributed by atoms with Crippen molar-refractivity contribution in [1.29, 1.82) is 0 Å². The topological polar surface area (TPSA) is 118 Å². The Morgan fingerprint density at radius 2 is 2.00 bits per heavy atom. The number of pyridine rings is 1. The highest BCUT2D eigenvalue weighted by Gasteiger charge is 2.34. The van der Waals surface area contributed by atoms with Gasteiger partial charge in [-0.25, -0.2) is 8.42 Å². The van der Waals surface area contributed by atoms with Crippen LogP contribution in [-0.2, 0) is 26.2 Å². The Hall–Kier alpha value is -2.98. The molecule has 0 aliphatic carbocycles. The van der Waals surface area contributed by atoms with E-state index in [1.54, 1.807) is 37.5 Å². The van der Waals surface area contributed by atoms with Crippen LogP contribution in [0.2, 0.25) is 0 Å². The van der Waals surface area contributed by atoms with Crippen molar-refractivity contribution < 1.29 is 22.7 Å². The van der Waals surface area contributed by atoms with E-state index in [0.29, 0.717) is 31.7 Å². The number of amides is 2. The minimum absolute atomic E-state index is 0.0736. The molecule has 1 aliphatic rings. The molecule has 2 N–H and O–H groups in total. The van der Waals surface area contributed by atoms with Gasteiger partial charge in [0.1, 0.15) is 11.8 Å². The third-order valence-electron chi connectivity index (χ3n) is 5.39. The van der Waals surface area contributed by atoms with E-state index in [-0.39, 0.29) is 23.3 Å². The summed E-state index contributed by atoms with van der Waals surface area (Å²) in [4.78, 5) is 29.2. The summed E-state index contributed by atoms with van der Waals surface area (Å²) >= 11 is 0. The van der Waals surface area contributed by atoms with Gasteiger partial charge in [0.05, 0.1) is 17.9 Å². The Bertz CT molecular complexity index is 1030. The van der Waals surface area contributed by atoms with Crippen LogP contribution in [0.1, 0.15) is 25.3 Å². The lowest BCUT2D eigenvalue weighted by Gasteiger charge is -2.31. The highest BCUT2D eigenvalue weighted by molar-refractivity contribution is 7.89. The van der Waals surface area contributed by atoms with Crippen molar-refractivity contribution in [3.05, 3.63) is 54.4 Å². The minimum Gasteiger partial charge on any atom is -0.497 e. The number of carbonyl (C=O) groups is 2. The van der Waals surface area contributed by atoms with Crippen LogP contribution in [0.3, 0.4) is 0 Å². The molecule has 2 amide bonds. The summed E-state index contributed by atoms with van der Waals surface area (Å²) in [7, 11) is -2.21. The first kappa shape index (κ1) is 23.7. The predicted octanol–water partition coefficient (Wildman–Crippen LogP) is 1.31. The molecule has 1 aromatic carbocycles. The lowest BCUT2D eigenvalue weighted by molar-refractivity contribution is -0.131. The van der Waals surface area contributed by atoms with Crippen LogP contribution in [0, 0.1) is 5.92 Å². The number of carbonyl (C=O) groups excluding carboxylic acids is 2. The van der Waals surface area contributed by atoms with Crippen molar-refractivity contribution in [3.8, 4) is 5.75 Å². The number of aromatic nitrogens is 1. The zero-order valence-electron chi connectivity index (χ0n) is 18.2. The summed E-state index contributed by atoms with van der Waals surface area (Å²) in [6.07, 6.45) is 4.43. The van der Waals surface area contributed by atoms with Gasteiger partial charge in [-0.3, -0.25) is 14.6 Å². The zero-order valence-corrected chi connectivity index (χ0v) is 19.0. The molecule has 0 bridgehead atoms. The molecule has 32 heavy (non-hydrogen) atoms. The average Bonchev–Trinajstić information content (AvgIpc) is 2.83. The standard InChI is InChI=1S/C22H28N4O5S/c1-16(21(27)24-14-17-5-3-11-23-13-17)25-22(28)18-6-4-12-26(15-18)32(29,30)20-9-7-19(31-2)8-10-20/h3,5,7-11,13,16,18H,4,6,12,14-15H2,1-2H3,(H,24,27)(H,25,28)/t16-,18+/m0/s1. The Labute approximate surface area is 188 Å². The SMILES string of the molecule is COc1ccc(S(=O)(=O)N2CCC[C@@H](C(=O)N[C@@H](C)C(=O)NCc3cccnc3)C2)cc1. The lowest BCUT2D eigenvalue weighted by atomic mass is 9.98. The fourth-order valence-electron chi connectivity index (χ4n) is 3.51. The van der Waals surface area contributed by atoms with Crippen molar-refractivity contribution in [1.82, 2.24) is 19.9 Å². The van der Waals surface area contributed by atoms with Gasteiger partial charge in [-0.15, -0.1) is 0 Å². The molecular formula is C22H28N4O5S. The highest BCUT2D eigenvalue weighted by Crippen LogP contribution is 2.25. The van der Waals surface area contributed by atoms with Gasteiger partial charge in [0.25, 0.3) is 0 Å². The van der Waals surface area contributed by atoms with Gasteiger partial charge in [-0.1, -0.05) is 6.07 Å². The molecule has 2 atom stereocenters. The van der Waals surface area contributed by atoms with Crippen molar-refractivity contribution in [2.45, 2.75) is 37.2 Å². The van der Waals surface area contributed by atoms with E-state index in [0.717, 1.165) is 5.56 Å².